The summed E-state index contributed by atoms with van der Waals surface area (Å²) in [5.74, 6) is -1.55. The average molecular weight is 253 g/mol. The summed E-state index contributed by atoms with van der Waals surface area (Å²) < 4.78 is 0. The van der Waals surface area contributed by atoms with Gasteiger partial charge in [0.05, 0.1) is 0 Å². The van der Waals surface area contributed by atoms with E-state index in [0.717, 1.165) is 5.56 Å². The Kier molecular flexibility index (Phi) is 5.56. The van der Waals surface area contributed by atoms with Crippen LogP contribution in [0.3, 0.4) is 0 Å². The molecule has 0 radical (unpaired) electrons. The van der Waals surface area contributed by atoms with Gasteiger partial charge in [-0.05, 0) is 30.4 Å². The minimum Gasteiger partial charge on any atom is -0.481 e. The van der Waals surface area contributed by atoms with Crippen molar-refractivity contribution in [3.8, 4) is 0 Å². The summed E-state index contributed by atoms with van der Waals surface area (Å²) >= 11 is 1.68. The van der Waals surface area contributed by atoms with Crippen LogP contribution in [0, 0.1) is 0 Å². The van der Waals surface area contributed by atoms with Crippen molar-refractivity contribution >= 4 is 23.6 Å². The van der Waals surface area contributed by atoms with Crippen LogP contribution in [0.15, 0.2) is 29.2 Å². The van der Waals surface area contributed by atoms with Crippen LogP contribution in [-0.4, -0.2) is 29.8 Å². The molecular weight excluding hydrogens is 238 g/mol. The molecule has 17 heavy (non-hydrogen) atoms. The lowest BCUT2D eigenvalue weighted by Crippen LogP contribution is -2.27. The monoisotopic (exact) mass is 253 g/mol. The Morgan fingerprint density at radius 1 is 1.29 bits per heavy atom. The molecule has 0 spiro atoms. The Balaban J connectivity index is 2.30. The molecule has 0 fully saturated rings. The van der Waals surface area contributed by atoms with E-state index < -0.39 is 18.3 Å². The maximum Gasteiger partial charge on any atom is 0.312 e. The lowest BCUT2D eigenvalue weighted by atomic mass is 10.1. The number of aliphatic carboxylic acids is 1. The molecule has 0 atom stereocenters. The van der Waals surface area contributed by atoms with Crippen LogP contribution >= 0.6 is 11.8 Å². The highest BCUT2D eigenvalue weighted by atomic mass is 32.2. The predicted octanol–water partition coefficient (Wildman–Crippen LogP) is 1.54. The predicted molar refractivity (Wildman–Crippen MR) is 67.2 cm³/mol. The van der Waals surface area contributed by atoms with Gasteiger partial charge in [-0.25, -0.2) is 0 Å². The largest absolute Gasteiger partial charge is 0.481 e. The van der Waals surface area contributed by atoms with E-state index in [1.165, 1.54) is 4.90 Å². The first-order valence-corrected chi connectivity index (χ1v) is 6.45. The topological polar surface area (TPSA) is 66.4 Å². The second kappa shape index (κ2) is 6.96. The lowest BCUT2D eigenvalue weighted by molar-refractivity contribution is -0.140. The van der Waals surface area contributed by atoms with Crippen molar-refractivity contribution in [2.45, 2.75) is 17.7 Å². The van der Waals surface area contributed by atoms with Crippen molar-refractivity contribution in [1.82, 2.24) is 5.32 Å². The second-order valence-electron chi connectivity index (χ2n) is 3.52. The first kappa shape index (κ1) is 13.6. The number of carboxylic acid groups (broad SMARTS) is 1. The molecule has 4 nitrogen and oxygen atoms in total. The van der Waals surface area contributed by atoms with Crippen LogP contribution in [-0.2, 0) is 16.0 Å². The van der Waals surface area contributed by atoms with Gasteiger partial charge < -0.3 is 10.4 Å². The first-order valence-electron chi connectivity index (χ1n) is 5.23. The van der Waals surface area contributed by atoms with Crippen LogP contribution < -0.4 is 5.32 Å². The molecule has 0 aromatic heterocycles. The van der Waals surface area contributed by atoms with E-state index in [2.05, 4.69) is 5.32 Å². The number of carbonyl (C=O) groups is 2. The Labute approximate surface area is 104 Å². The summed E-state index contributed by atoms with van der Waals surface area (Å²) in [5, 5.41) is 11.0. The van der Waals surface area contributed by atoms with Gasteiger partial charge in [0, 0.05) is 11.4 Å². The molecule has 0 aliphatic rings. The van der Waals surface area contributed by atoms with Gasteiger partial charge in [0.25, 0.3) is 0 Å². The highest BCUT2D eigenvalue weighted by Gasteiger charge is 2.05. The van der Waals surface area contributed by atoms with Crippen molar-refractivity contribution < 1.29 is 14.7 Å². The number of thioether (sulfide) groups is 1. The third kappa shape index (κ3) is 5.40. The summed E-state index contributed by atoms with van der Waals surface area (Å²) in [6.45, 7) is 0.463. The molecule has 0 bridgehead atoms. The van der Waals surface area contributed by atoms with E-state index in [0.29, 0.717) is 13.0 Å². The molecule has 1 amide bonds. The molecule has 1 aromatic rings. The highest BCUT2D eigenvalue weighted by Crippen LogP contribution is 2.14. The molecule has 0 unspecified atom stereocenters. The van der Waals surface area contributed by atoms with Gasteiger partial charge in [-0.15, -0.1) is 11.8 Å². The van der Waals surface area contributed by atoms with Crippen molar-refractivity contribution in [2.24, 2.45) is 0 Å². The van der Waals surface area contributed by atoms with Gasteiger partial charge in [-0.1, -0.05) is 12.1 Å². The average Bonchev–Trinajstić information content (AvgIpc) is 2.29. The van der Waals surface area contributed by atoms with Crippen molar-refractivity contribution in [3.05, 3.63) is 29.8 Å². The standard InChI is InChI=1S/C12H15NO3S/c1-17-10-4-2-9(3-5-10)6-7-13-11(14)8-12(15)16/h2-5H,6-8H2,1H3,(H,13,14)(H,15,16). The Morgan fingerprint density at radius 2 is 1.94 bits per heavy atom. The van der Waals surface area contributed by atoms with E-state index in [4.69, 9.17) is 5.11 Å². The highest BCUT2D eigenvalue weighted by molar-refractivity contribution is 7.98. The summed E-state index contributed by atoms with van der Waals surface area (Å²) in [6, 6.07) is 8.07. The fourth-order valence-corrected chi connectivity index (χ4v) is 1.75. The molecule has 1 rings (SSSR count). The van der Waals surface area contributed by atoms with Gasteiger partial charge in [0.15, 0.2) is 0 Å². The number of hydrogen-bond donors (Lipinski definition) is 2. The molecule has 0 heterocycles. The fourth-order valence-electron chi connectivity index (χ4n) is 1.34. The smallest absolute Gasteiger partial charge is 0.312 e. The third-order valence-electron chi connectivity index (χ3n) is 2.21. The van der Waals surface area contributed by atoms with E-state index in [9.17, 15) is 9.59 Å². The maximum absolute atomic E-state index is 11.0. The zero-order chi connectivity index (χ0) is 12.7. The number of rotatable bonds is 6. The quantitative estimate of drug-likeness (QED) is 0.596. The fraction of sp³-hybridized carbons (Fsp3) is 0.333. The van der Waals surface area contributed by atoms with E-state index in [1.807, 2.05) is 30.5 Å². The molecule has 0 aliphatic heterocycles. The van der Waals surface area contributed by atoms with Gasteiger partial charge in [0.1, 0.15) is 6.42 Å². The SMILES string of the molecule is CSc1ccc(CCNC(=O)CC(=O)O)cc1. The van der Waals surface area contributed by atoms with Crippen molar-refractivity contribution in [1.29, 1.82) is 0 Å². The molecule has 2 N–H and O–H groups in total. The summed E-state index contributed by atoms with van der Waals surface area (Å²) in [5.41, 5.74) is 1.12. The van der Waals surface area contributed by atoms with E-state index >= 15 is 0 Å². The Hall–Kier alpha value is -1.49. The number of hydrogen-bond acceptors (Lipinski definition) is 3. The van der Waals surface area contributed by atoms with Gasteiger partial charge in [-0.3, -0.25) is 9.59 Å². The van der Waals surface area contributed by atoms with Crippen LogP contribution in [0.4, 0.5) is 0 Å². The molecule has 0 saturated heterocycles. The minimum absolute atomic E-state index is 0.446. The number of nitrogens with one attached hydrogen (secondary N) is 1. The molecule has 1 aromatic carbocycles. The van der Waals surface area contributed by atoms with E-state index in [1.54, 1.807) is 11.8 Å². The molecular formula is C12H15NO3S. The summed E-state index contributed by atoms with van der Waals surface area (Å²) in [7, 11) is 0. The van der Waals surface area contributed by atoms with Crippen molar-refractivity contribution in [2.75, 3.05) is 12.8 Å². The maximum atomic E-state index is 11.0. The Bertz CT molecular complexity index is 389. The van der Waals surface area contributed by atoms with Crippen molar-refractivity contribution in [3.63, 3.8) is 0 Å². The number of carbonyl (C=O) groups excluding carboxylic acids is 1. The summed E-state index contributed by atoms with van der Waals surface area (Å²) in [6.07, 6.45) is 2.26. The summed E-state index contributed by atoms with van der Waals surface area (Å²) in [4.78, 5) is 22.5. The van der Waals surface area contributed by atoms with Crippen LogP contribution in [0.1, 0.15) is 12.0 Å². The molecule has 5 heteroatoms. The first-order chi connectivity index (χ1) is 8.11. The van der Waals surface area contributed by atoms with Crippen LogP contribution in [0.2, 0.25) is 0 Å². The lowest BCUT2D eigenvalue weighted by Gasteiger charge is -2.04. The van der Waals surface area contributed by atoms with E-state index in [-0.39, 0.29) is 0 Å². The van der Waals surface area contributed by atoms with Gasteiger partial charge in [0.2, 0.25) is 5.91 Å². The van der Waals surface area contributed by atoms with Gasteiger partial charge in [-0.2, -0.15) is 0 Å². The van der Waals surface area contributed by atoms with Crippen LogP contribution in [0.25, 0.3) is 0 Å². The number of carboxylic acids is 1. The zero-order valence-electron chi connectivity index (χ0n) is 9.60. The zero-order valence-corrected chi connectivity index (χ0v) is 10.4. The Morgan fingerprint density at radius 3 is 2.47 bits per heavy atom. The molecule has 0 saturated carbocycles. The second-order valence-corrected chi connectivity index (χ2v) is 4.40. The minimum atomic E-state index is -1.10. The van der Waals surface area contributed by atoms with Crippen LogP contribution in [0.5, 0.6) is 0 Å². The molecule has 92 valence electrons. The van der Waals surface area contributed by atoms with Gasteiger partial charge >= 0.3 is 5.97 Å². The third-order valence-corrected chi connectivity index (χ3v) is 2.95. The normalized spacial score (nSPS) is 9.94. The molecule has 0 aliphatic carbocycles. The number of benzene rings is 1. The number of amides is 1.